The Balaban J connectivity index is 1.84. The van der Waals surface area contributed by atoms with Gasteiger partial charge in [0.15, 0.2) is 0 Å². The molecule has 0 unspecified atom stereocenters. The summed E-state index contributed by atoms with van der Waals surface area (Å²) < 4.78 is 6.40. The van der Waals surface area contributed by atoms with Crippen molar-refractivity contribution in [3.05, 3.63) is 144 Å². The van der Waals surface area contributed by atoms with Gasteiger partial charge < -0.3 is 4.74 Å². The molecule has 0 saturated carbocycles. The van der Waals surface area contributed by atoms with Crippen LogP contribution in [0.15, 0.2) is 122 Å². The van der Waals surface area contributed by atoms with Gasteiger partial charge in [0.05, 0.1) is 5.41 Å². The fourth-order valence-corrected chi connectivity index (χ4v) is 3.81. The van der Waals surface area contributed by atoms with Crippen molar-refractivity contribution in [3.63, 3.8) is 0 Å². The van der Waals surface area contributed by atoms with Gasteiger partial charge in [0.25, 0.3) is 0 Å². The second kappa shape index (κ2) is 8.62. The summed E-state index contributed by atoms with van der Waals surface area (Å²) in [4.78, 5) is 0. The predicted octanol–water partition coefficient (Wildman–Crippen LogP) is 6.74. The van der Waals surface area contributed by atoms with Crippen LogP contribution in [0.25, 0.3) is 6.08 Å². The minimum absolute atomic E-state index is 0.416. The topological polar surface area (TPSA) is 9.23 Å². The number of rotatable bonds is 7. The van der Waals surface area contributed by atoms with Gasteiger partial charge in [-0.15, -0.1) is 0 Å². The van der Waals surface area contributed by atoms with Crippen LogP contribution in [-0.4, -0.2) is 6.61 Å². The first-order valence-corrected chi connectivity index (χ1v) is 9.85. The van der Waals surface area contributed by atoms with Crippen LogP contribution < -0.4 is 4.74 Å². The standard InChI is InChI=1S/C28H24O/c1-2-23-18-20-27(21-19-23)29-22-28(24-12-6-3-7-13-24,25-14-8-4-9-15-25)26-16-10-5-11-17-26/h2-21H,1,22H2. The Labute approximate surface area is 172 Å². The average molecular weight is 376 g/mol. The van der Waals surface area contributed by atoms with Crippen molar-refractivity contribution in [1.82, 2.24) is 0 Å². The van der Waals surface area contributed by atoms with Gasteiger partial charge in [-0.1, -0.05) is 116 Å². The molecule has 0 atom stereocenters. The van der Waals surface area contributed by atoms with Crippen LogP contribution in [-0.2, 0) is 5.41 Å². The molecule has 0 aliphatic carbocycles. The van der Waals surface area contributed by atoms with Crippen molar-refractivity contribution < 1.29 is 4.74 Å². The summed E-state index contributed by atoms with van der Waals surface area (Å²) in [5, 5.41) is 0. The number of benzene rings is 4. The molecular weight excluding hydrogens is 352 g/mol. The van der Waals surface area contributed by atoms with E-state index in [1.807, 2.05) is 30.3 Å². The van der Waals surface area contributed by atoms with Crippen LogP contribution >= 0.6 is 0 Å². The molecule has 0 aliphatic rings. The zero-order chi connectivity index (χ0) is 19.9. The van der Waals surface area contributed by atoms with Crippen molar-refractivity contribution in [2.75, 3.05) is 6.61 Å². The first kappa shape index (κ1) is 18.8. The van der Waals surface area contributed by atoms with Crippen molar-refractivity contribution in [3.8, 4) is 5.75 Å². The van der Waals surface area contributed by atoms with E-state index < -0.39 is 5.41 Å². The summed E-state index contributed by atoms with van der Waals surface area (Å²) >= 11 is 0. The molecule has 0 saturated heterocycles. The van der Waals surface area contributed by atoms with Gasteiger partial charge in [-0.3, -0.25) is 0 Å². The highest BCUT2D eigenvalue weighted by Crippen LogP contribution is 2.39. The van der Waals surface area contributed by atoms with Crippen LogP contribution in [0.4, 0.5) is 0 Å². The molecular formula is C28H24O. The lowest BCUT2D eigenvalue weighted by Crippen LogP contribution is -2.36. The molecule has 4 rings (SSSR count). The second-order valence-electron chi connectivity index (χ2n) is 7.07. The fourth-order valence-electron chi connectivity index (χ4n) is 3.81. The molecule has 0 fully saturated rings. The molecule has 1 heteroatoms. The summed E-state index contributed by atoms with van der Waals surface area (Å²) in [7, 11) is 0. The van der Waals surface area contributed by atoms with Crippen molar-refractivity contribution in [2.45, 2.75) is 5.41 Å². The van der Waals surface area contributed by atoms with E-state index >= 15 is 0 Å². The van der Waals surface area contributed by atoms with Gasteiger partial charge in [0, 0.05) is 0 Å². The molecule has 0 amide bonds. The van der Waals surface area contributed by atoms with Crippen LogP contribution in [0.3, 0.4) is 0 Å². The molecule has 0 spiro atoms. The molecule has 0 aromatic heterocycles. The molecule has 0 N–H and O–H groups in total. The van der Waals surface area contributed by atoms with E-state index in [0.29, 0.717) is 6.61 Å². The first-order chi connectivity index (χ1) is 14.3. The lowest BCUT2D eigenvalue weighted by atomic mass is 9.70. The van der Waals surface area contributed by atoms with Crippen molar-refractivity contribution in [1.29, 1.82) is 0 Å². The smallest absolute Gasteiger partial charge is 0.119 e. The van der Waals surface area contributed by atoms with Gasteiger partial charge in [-0.25, -0.2) is 0 Å². The van der Waals surface area contributed by atoms with Crippen LogP contribution in [0.2, 0.25) is 0 Å². The maximum Gasteiger partial charge on any atom is 0.119 e. The number of hydrogen-bond acceptors (Lipinski definition) is 1. The summed E-state index contributed by atoms with van der Waals surface area (Å²) in [6.45, 7) is 4.32. The summed E-state index contributed by atoms with van der Waals surface area (Å²) in [5.74, 6) is 0.850. The Morgan fingerprint density at radius 1 is 0.586 bits per heavy atom. The Morgan fingerprint density at radius 2 is 1.00 bits per heavy atom. The predicted molar refractivity (Wildman–Crippen MR) is 121 cm³/mol. The fraction of sp³-hybridized carbons (Fsp3) is 0.0714. The molecule has 4 aromatic rings. The number of hydrogen-bond donors (Lipinski definition) is 0. The van der Waals surface area contributed by atoms with E-state index in [1.165, 1.54) is 16.7 Å². The van der Waals surface area contributed by atoms with Crippen LogP contribution in [0.1, 0.15) is 22.3 Å². The van der Waals surface area contributed by atoms with E-state index in [4.69, 9.17) is 4.74 Å². The minimum Gasteiger partial charge on any atom is -0.492 e. The largest absolute Gasteiger partial charge is 0.492 e. The molecule has 0 bridgehead atoms. The molecule has 29 heavy (non-hydrogen) atoms. The average Bonchev–Trinajstić information content (AvgIpc) is 2.82. The van der Waals surface area contributed by atoms with Crippen LogP contribution in [0.5, 0.6) is 5.75 Å². The Bertz CT molecular complexity index is 939. The highest BCUT2D eigenvalue weighted by Gasteiger charge is 2.37. The van der Waals surface area contributed by atoms with Crippen molar-refractivity contribution in [2.24, 2.45) is 0 Å². The van der Waals surface area contributed by atoms with E-state index in [0.717, 1.165) is 11.3 Å². The Kier molecular flexibility index (Phi) is 5.58. The molecule has 0 radical (unpaired) electrons. The summed E-state index contributed by atoms with van der Waals surface area (Å²) in [6, 6.07) is 39.9. The Morgan fingerprint density at radius 3 is 1.38 bits per heavy atom. The maximum atomic E-state index is 6.40. The monoisotopic (exact) mass is 376 g/mol. The third kappa shape index (κ3) is 3.86. The molecule has 0 heterocycles. The molecule has 4 aromatic carbocycles. The SMILES string of the molecule is C=Cc1ccc(OCC(c2ccccc2)(c2ccccc2)c2ccccc2)cc1. The van der Waals surface area contributed by atoms with E-state index in [2.05, 4.69) is 97.6 Å². The van der Waals surface area contributed by atoms with Gasteiger partial charge in [-0.2, -0.15) is 0 Å². The first-order valence-electron chi connectivity index (χ1n) is 9.85. The van der Waals surface area contributed by atoms with Crippen LogP contribution in [0, 0.1) is 0 Å². The van der Waals surface area contributed by atoms with E-state index in [9.17, 15) is 0 Å². The second-order valence-corrected chi connectivity index (χ2v) is 7.07. The maximum absolute atomic E-state index is 6.40. The van der Waals surface area contributed by atoms with Crippen molar-refractivity contribution >= 4 is 6.08 Å². The van der Waals surface area contributed by atoms with Gasteiger partial charge in [0.1, 0.15) is 12.4 Å². The summed E-state index contributed by atoms with van der Waals surface area (Å²) in [6.07, 6.45) is 1.84. The number of ether oxygens (including phenoxy) is 1. The molecule has 0 aliphatic heterocycles. The molecule has 1 nitrogen and oxygen atoms in total. The lowest BCUT2D eigenvalue weighted by molar-refractivity contribution is 0.265. The minimum atomic E-state index is -0.416. The highest BCUT2D eigenvalue weighted by molar-refractivity contribution is 5.51. The normalized spacial score (nSPS) is 11.0. The summed E-state index contributed by atoms with van der Waals surface area (Å²) in [5.41, 5.74) is 4.29. The van der Waals surface area contributed by atoms with Gasteiger partial charge in [-0.05, 0) is 34.4 Å². The molecule has 142 valence electrons. The van der Waals surface area contributed by atoms with Gasteiger partial charge in [0.2, 0.25) is 0 Å². The highest BCUT2D eigenvalue weighted by atomic mass is 16.5. The quantitative estimate of drug-likeness (QED) is 0.324. The lowest BCUT2D eigenvalue weighted by Gasteiger charge is -2.35. The zero-order valence-electron chi connectivity index (χ0n) is 16.4. The third-order valence-corrected chi connectivity index (χ3v) is 5.37. The Hall–Kier alpha value is -3.58. The third-order valence-electron chi connectivity index (χ3n) is 5.37. The van der Waals surface area contributed by atoms with Gasteiger partial charge >= 0.3 is 0 Å². The van der Waals surface area contributed by atoms with E-state index in [1.54, 1.807) is 0 Å². The zero-order valence-corrected chi connectivity index (χ0v) is 16.4. The van der Waals surface area contributed by atoms with E-state index in [-0.39, 0.29) is 0 Å².